The molecule has 4 aromatic rings. The van der Waals surface area contributed by atoms with Gasteiger partial charge in [-0.3, -0.25) is 20.1 Å². The van der Waals surface area contributed by atoms with Crippen LogP contribution in [0.1, 0.15) is 29.1 Å². The molecule has 3 aromatic heterocycles. The standard InChI is InChI=1S/C24H19N5O3S/c30-29(31)19-7-2-1-5-17(19)20-8-9-21(32-20)23-22(18-6-3-4-12-26-18)27-24(33)28(23)15-16-10-13-25-14-11-16/h1-14,22-23H,15H2,(H,27,33)/t22-,23-/m0/s1. The van der Waals surface area contributed by atoms with Crippen molar-refractivity contribution in [3.63, 3.8) is 0 Å². The van der Waals surface area contributed by atoms with Gasteiger partial charge in [0.05, 0.1) is 22.2 Å². The maximum Gasteiger partial charge on any atom is 0.280 e. The van der Waals surface area contributed by atoms with E-state index in [1.165, 1.54) is 6.07 Å². The summed E-state index contributed by atoms with van der Waals surface area (Å²) in [7, 11) is 0. The molecule has 1 aromatic carbocycles. The highest BCUT2D eigenvalue weighted by molar-refractivity contribution is 7.80. The van der Waals surface area contributed by atoms with Crippen molar-refractivity contribution in [1.29, 1.82) is 0 Å². The summed E-state index contributed by atoms with van der Waals surface area (Å²) in [5.41, 5.74) is 2.29. The number of nitro benzene ring substituents is 1. The van der Waals surface area contributed by atoms with Crippen molar-refractivity contribution in [2.75, 3.05) is 0 Å². The van der Waals surface area contributed by atoms with Gasteiger partial charge in [-0.25, -0.2) is 0 Å². The first-order valence-electron chi connectivity index (χ1n) is 10.3. The van der Waals surface area contributed by atoms with E-state index in [2.05, 4.69) is 15.3 Å². The zero-order valence-corrected chi connectivity index (χ0v) is 18.2. The molecule has 1 fully saturated rings. The Balaban J connectivity index is 1.56. The minimum Gasteiger partial charge on any atom is -0.459 e. The summed E-state index contributed by atoms with van der Waals surface area (Å²) >= 11 is 5.69. The van der Waals surface area contributed by atoms with Crippen LogP contribution in [0.2, 0.25) is 0 Å². The fraction of sp³-hybridized carbons (Fsp3) is 0.125. The van der Waals surface area contributed by atoms with Crippen molar-refractivity contribution in [2.45, 2.75) is 18.6 Å². The fourth-order valence-corrected chi connectivity index (χ4v) is 4.37. The predicted octanol–water partition coefficient (Wildman–Crippen LogP) is 4.82. The summed E-state index contributed by atoms with van der Waals surface area (Å²) in [4.78, 5) is 21.8. The van der Waals surface area contributed by atoms with Crippen LogP contribution in [0, 0.1) is 10.1 Å². The number of para-hydroxylation sites is 1. The first-order chi connectivity index (χ1) is 16.1. The Morgan fingerprint density at radius 2 is 1.82 bits per heavy atom. The smallest absolute Gasteiger partial charge is 0.280 e. The molecule has 33 heavy (non-hydrogen) atoms. The zero-order chi connectivity index (χ0) is 22.8. The Morgan fingerprint density at radius 1 is 1.03 bits per heavy atom. The lowest BCUT2D eigenvalue weighted by Gasteiger charge is -2.26. The highest BCUT2D eigenvalue weighted by atomic mass is 32.1. The second-order valence-corrected chi connectivity index (χ2v) is 7.97. The normalized spacial score (nSPS) is 17.7. The molecule has 5 rings (SSSR count). The van der Waals surface area contributed by atoms with Gasteiger partial charge in [0.1, 0.15) is 17.6 Å². The number of nitrogens with zero attached hydrogens (tertiary/aromatic N) is 4. The lowest BCUT2D eigenvalue weighted by molar-refractivity contribution is -0.384. The number of nitro groups is 1. The van der Waals surface area contributed by atoms with Crippen LogP contribution in [0.25, 0.3) is 11.3 Å². The maximum absolute atomic E-state index is 11.5. The number of nitrogens with one attached hydrogen (secondary N) is 1. The van der Waals surface area contributed by atoms with Crippen LogP contribution >= 0.6 is 12.2 Å². The van der Waals surface area contributed by atoms with Crippen LogP contribution in [-0.2, 0) is 6.54 Å². The summed E-state index contributed by atoms with van der Waals surface area (Å²) in [5, 5.41) is 15.5. The summed E-state index contributed by atoms with van der Waals surface area (Å²) in [6.07, 6.45) is 5.23. The minimum absolute atomic E-state index is 0.00612. The molecule has 164 valence electrons. The van der Waals surface area contributed by atoms with Gasteiger partial charge in [0.15, 0.2) is 5.11 Å². The Morgan fingerprint density at radius 3 is 2.58 bits per heavy atom. The first-order valence-corrected chi connectivity index (χ1v) is 10.7. The van der Waals surface area contributed by atoms with Crippen LogP contribution in [0.4, 0.5) is 5.69 Å². The molecule has 8 nitrogen and oxygen atoms in total. The van der Waals surface area contributed by atoms with Gasteiger partial charge in [0.25, 0.3) is 5.69 Å². The van der Waals surface area contributed by atoms with Crippen LogP contribution in [-0.4, -0.2) is 24.9 Å². The van der Waals surface area contributed by atoms with E-state index in [0.717, 1.165) is 11.3 Å². The molecule has 1 N–H and O–H groups in total. The topological polar surface area (TPSA) is 97.3 Å². The fourth-order valence-electron chi connectivity index (χ4n) is 4.07. The number of thiocarbonyl (C=S) groups is 1. The first kappa shape index (κ1) is 20.8. The molecule has 0 amide bonds. The Bertz CT molecular complexity index is 1300. The minimum atomic E-state index is -0.407. The number of rotatable bonds is 6. The van der Waals surface area contributed by atoms with Crippen molar-refractivity contribution in [2.24, 2.45) is 0 Å². The lowest BCUT2D eigenvalue weighted by Crippen LogP contribution is -2.29. The molecule has 1 saturated heterocycles. The molecular weight excluding hydrogens is 438 g/mol. The molecule has 1 aliphatic heterocycles. The van der Waals surface area contributed by atoms with E-state index in [1.54, 1.807) is 42.9 Å². The number of benzene rings is 1. The van der Waals surface area contributed by atoms with E-state index in [1.807, 2.05) is 41.3 Å². The zero-order valence-electron chi connectivity index (χ0n) is 17.4. The number of pyridine rings is 2. The summed E-state index contributed by atoms with van der Waals surface area (Å²) in [5.74, 6) is 1.07. The van der Waals surface area contributed by atoms with Crippen LogP contribution < -0.4 is 5.32 Å². The van der Waals surface area contributed by atoms with E-state index in [0.29, 0.717) is 28.7 Å². The number of hydrogen-bond donors (Lipinski definition) is 1. The average molecular weight is 458 g/mol. The molecule has 0 radical (unpaired) electrons. The Kier molecular flexibility index (Phi) is 5.54. The SMILES string of the molecule is O=[N+]([O-])c1ccccc1-c1ccc([C@H]2[C@H](c3ccccn3)NC(=S)N2Cc2ccncc2)o1. The Labute approximate surface area is 195 Å². The molecule has 0 aliphatic carbocycles. The van der Waals surface area contributed by atoms with Crippen molar-refractivity contribution < 1.29 is 9.34 Å². The second kappa shape index (κ2) is 8.79. The monoisotopic (exact) mass is 457 g/mol. The van der Waals surface area contributed by atoms with Gasteiger partial charge >= 0.3 is 0 Å². The third-order valence-electron chi connectivity index (χ3n) is 5.58. The van der Waals surface area contributed by atoms with Crippen molar-refractivity contribution in [3.8, 4) is 11.3 Å². The van der Waals surface area contributed by atoms with E-state index in [9.17, 15) is 10.1 Å². The molecule has 4 heterocycles. The molecule has 2 atom stereocenters. The molecule has 0 spiro atoms. The van der Waals surface area contributed by atoms with Crippen molar-refractivity contribution >= 4 is 23.0 Å². The average Bonchev–Trinajstić information content (AvgIpc) is 3.45. The van der Waals surface area contributed by atoms with Gasteiger partial charge < -0.3 is 14.6 Å². The Hall–Kier alpha value is -4.11. The highest BCUT2D eigenvalue weighted by Crippen LogP contribution is 2.42. The molecule has 0 saturated carbocycles. The third kappa shape index (κ3) is 4.06. The summed E-state index contributed by atoms with van der Waals surface area (Å²) < 4.78 is 6.23. The van der Waals surface area contributed by atoms with Gasteiger partial charge in [0.2, 0.25) is 0 Å². The van der Waals surface area contributed by atoms with Crippen LogP contribution in [0.15, 0.2) is 89.7 Å². The van der Waals surface area contributed by atoms with Gasteiger partial charge in [-0.05, 0) is 60.2 Å². The molecule has 0 unspecified atom stereocenters. The van der Waals surface area contributed by atoms with E-state index in [4.69, 9.17) is 16.6 Å². The predicted molar refractivity (Wildman–Crippen MR) is 126 cm³/mol. The number of aromatic nitrogens is 2. The van der Waals surface area contributed by atoms with Crippen LogP contribution in [0.5, 0.6) is 0 Å². The van der Waals surface area contributed by atoms with E-state index < -0.39 is 4.92 Å². The summed E-state index contributed by atoms with van der Waals surface area (Å²) in [6.45, 7) is 0.546. The van der Waals surface area contributed by atoms with Gasteiger partial charge in [0, 0.05) is 31.2 Å². The lowest BCUT2D eigenvalue weighted by atomic mass is 10.0. The highest BCUT2D eigenvalue weighted by Gasteiger charge is 2.41. The molecule has 0 bridgehead atoms. The number of furan rings is 1. The van der Waals surface area contributed by atoms with Crippen LogP contribution in [0.3, 0.4) is 0 Å². The maximum atomic E-state index is 11.5. The van der Waals surface area contributed by atoms with Crippen molar-refractivity contribution in [3.05, 3.63) is 112 Å². The van der Waals surface area contributed by atoms with Gasteiger partial charge in [-0.15, -0.1) is 0 Å². The largest absolute Gasteiger partial charge is 0.459 e. The van der Waals surface area contributed by atoms with Gasteiger partial charge in [-0.2, -0.15) is 0 Å². The van der Waals surface area contributed by atoms with E-state index in [-0.39, 0.29) is 17.8 Å². The van der Waals surface area contributed by atoms with Crippen molar-refractivity contribution in [1.82, 2.24) is 20.2 Å². The van der Waals surface area contributed by atoms with E-state index >= 15 is 0 Å². The molecule has 9 heteroatoms. The molecule has 1 aliphatic rings. The molecular formula is C24H19N5O3S. The van der Waals surface area contributed by atoms with Gasteiger partial charge in [-0.1, -0.05) is 18.2 Å². The third-order valence-corrected chi connectivity index (χ3v) is 5.94. The number of hydrogen-bond acceptors (Lipinski definition) is 6. The second-order valence-electron chi connectivity index (χ2n) is 7.59. The quantitative estimate of drug-likeness (QED) is 0.250. The summed E-state index contributed by atoms with van der Waals surface area (Å²) in [6, 6.07) is 19.2.